The van der Waals surface area contributed by atoms with Crippen LogP contribution in [0.15, 0.2) is 91.3 Å². The minimum Gasteiger partial charge on any atom is -0.493 e. The van der Waals surface area contributed by atoms with Crippen LogP contribution in [-0.4, -0.2) is 28.2 Å². The maximum absolute atomic E-state index is 9.55. The molecule has 0 saturated carbocycles. The first-order chi connectivity index (χ1) is 19.0. The van der Waals surface area contributed by atoms with Crippen molar-refractivity contribution in [1.82, 2.24) is 9.97 Å². The molecule has 8 heteroatoms. The first kappa shape index (κ1) is 24.4. The predicted molar refractivity (Wildman–Crippen MR) is 160 cm³/mol. The summed E-state index contributed by atoms with van der Waals surface area (Å²) in [5, 5.41) is 20.9. The Kier molecular flexibility index (Phi) is 6.50. The van der Waals surface area contributed by atoms with Crippen molar-refractivity contribution < 1.29 is 5.11 Å². The maximum Gasteiger partial charge on any atom is 0.212 e. The number of hydrogen-bond acceptors (Lipinski definition) is 8. The number of anilines is 7. The van der Waals surface area contributed by atoms with E-state index in [-0.39, 0.29) is 5.88 Å². The van der Waals surface area contributed by atoms with Crippen molar-refractivity contribution in [3.05, 3.63) is 96.8 Å². The average Bonchev–Trinajstić information content (AvgIpc) is 2.92. The van der Waals surface area contributed by atoms with Crippen LogP contribution in [0.5, 0.6) is 5.88 Å². The van der Waals surface area contributed by atoms with Gasteiger partial charge in [0.25, 0.3) is 0 Å². The monoisotopic (exact) mass is 517 g/mol. The number of benzene rings is 3. The third-order valence-electron chi connectivity index (χ3n) is 6.96. The van der Waals surface area contributed by atoms with Gasteiger partial charge >= 0.3 is 0 Å². The zero-order valence-electron chi connectivity index (χ0n) is 21.7. The third kappa shape index (κ3) is 5.50. The van der Waals surface area contributed by atoms with Crippen LogP contribution in [0.3, 0.4) is 0 Å². The lowest BCUT2D eigenvalue weighted by Crippen LogP contribution is -2.45. The molecule has 1 aliphatic rings. The molecule has 6 N–H and O–H groups in total. The molecule has 1 saturated heterocycles. The van der Waals surface area contributed by atoms with E-state index in [1.54, 1.807) is 18.3 Å². The molecule has 6 rings (SSSR count). The lowest BCUT2D eigenvalue weighted by atomic mass is 10.0. The fourth-order valence-electron chi connectivity index (χ4n) is 4.87. The molecule has 0 amide bonds. The number of fused-ring (bicyclic) bond motifs is 1. The zero-order chi connectivity index (χ0) is 26.8. The zero-order valence-corrected chi connectivity index (χ0v) is 21.7. The van der Waals surface area contributed by atoms with E-state index < -0.39 is 0 Å². The Hall–Kier alpha value is -4.98. The molecule has 0 atom stereocenters. The van der Waals surface area contributed by atoms with E-state index in [2.05, 4.69) is 80.2 Å². The highest BCUT2D eigenvalue weighted by Crippen LogP contribution is 2.32. The smallest absolute Gasteiger partial charge is 0.212 e. The predicted octanol–water partition coefficient (Wildman–Crippen LogP) is 6.47. The Bertz CT molecular complexity index is 1610. The number of nitrogens with zero attached hydrogens (tertiary/aromatic N) is 3. The van der Waals surface area contributed by atoms with Crippen LogP contribution < -0.4 is 26.6 Å². The number of nitrogen functional groups attached to an aromatic ring is 1. The van der Waals surface area contributed by atoms with Crippen LogP contribution in [0.2, 0.25) is 0 Å². The van der Waals surface area contributed by atoms with Crippen molar-refractivity contribution in [3.8, 4) is 5.88 Å². The van der Waals surface area contributed by atoms with E-state index in [0.717, 1.165) is 63.9 Å². The van der Waals surface area contributed by atoms with Crippen LogP contribution in [0.1, 0.15) is 12.5 Å². The lowest BCUT2D eigenvalue weighted by Gasteiger charge is -2.39. The molecule has 8 nitrogen and oxygen atoms in total. The highest BCUT2D eigenvalue weighted by Gasteiger charge is 2.23. The van der Waals surface area contributed by atoms with Gasteiger partial charge in [0.15, 0.2) is 0 Å². The minimum absolute atomic E-state index is 0.0346. The van der Waals surface area contributed by atoms with Gasteiger partial charge in [-0.2, -0.15) is 0 Å². The Balaban J connectivity index is 1.10. The van der Waals surface area contributed by atoms with E-state index in [9.17, 15) is 5.11 Å². The second-order valence-electron chi connectivity index (χ2n) is 10.1. The van der Waals surface area contributed by atoms with E-state index in [4.69, 9.17) is 5.73 Å². The topological polar surface area (TPSA) is 111 Å². The molecule has 0 bridgehead atoms. The molecular formula is C31H31N7O. The molecular weight excluding hydrogens is 486 g/mol. The van der Waals surface area contributed by atoms with Crippen LogP contribution in [0.25, 0.3) is 10.9 Å². The molecule has 0 spiro atoms. The molecule has 3 aromatic carbocycles. The van der Waals surface area contributed by atoms with Crippen molar-refractivity contribution in [2.24, 2.45) is 5.92 Å². The van der Waals surface area contributed by atoms with Gasteiger partial charge in [0.1, 0.15) is 0 Å². The molecule has 1 aliphatic heterocycles. The molecule has 196 valence electrons. The Morgan fingerprint density at radius 2 is 1.59 bits per heavy atom. The summed E-state index contributed by atoms with van der Waals surface area (Å²) in [6, 6.07) is 26.0. The standard InChI is InChI=1S/C31H31N7O/c1-20-18-38(19-20)25-7-9-28-26(16-25)29(11-13-33-28)37-22-4-2-21(3-5-22)17-35-30-8-6-23(14-27(30)32)36-24-10-12-34-31(39)15-24/h2-16,20,35H,17-19,32H2,1H3,(H,33,37)(H2,34,36,39). The van der Waals surface area contributed by atoms with Gasteiger partial charge in [-0.3, -0.25) is 4.98 Å². The SMILES string of the molecule is CC1CN(c2ccc3nccc(Nc4ccc(CNc5ccc(Nc6ccnc(O)c6)cc5N)cc4)c3c2)C1. The molecule has 1 fully saturated rings. The largest absolute Gasteiger partial charge is 0.493 e. The number of pyridine rings is 2. The number of nitrogens with two attached hydrogens (primary N) is 1. The van der Waals surface area contributed by atoms with E-state index in [1.807, 2.05) is 30.5 Å². The van der Waals surface area contributed by atoms with Crippen LogP contribution >= 0.6 is 0 Å². The summed E-state index contributed by atoms with van der Waals surface area (Å²) in [4.78, 5) is 10.8. The van der Waals surface area contributed by atoms with Crippen molar-refractivity contribution in [2.75, 3.05) is 39.7 Å². The molecule has 3 heterocycles. The Labute approximate surface area is 227 Å². The summed E-state index contributed by atoms with van der Waals surface area (Å²) in [6.07, 6.45) is 3.39. The number of hydrogen-bond donors (Lipinski definition) is 5. The van der Waals surface area contributed by atoms with Crippen LogP contribution in [0.4, 0.5) is 39.8 Å². The van der Waals surface area contributed by atoms with Gasteiger partial charge in [-0.1, -0.05) is 19.1 Å². The number of aromatic nitrogens is 2. The average molecular weight is 518 g/mol. The fraction of sp³-hybridized carbons (Fsp3) is 0.161. The minimum atomic E-state index is -0.0346. The van der Waals surface area contributed by atoms with E-state index in [0.29, 0.717) is 12.2 Å². The number of nitrogens with one attached hydrogen (secondary N) is 3. The van der Waals surface area contributed by atoms with Crippen LogP contribution in [-0.2, 0) is 6.54 Å². The third-order valence-corrected chi connectivity index (χ3v) is 6.96. The van der Waals surface area contributed by atoms with Gasteiger partial charge in [0.2, 0.25) is 5.88 Å². The van der Waals surface area contributed by atoms with E-state index in [1.165, 1.54) is 5.69 Å². The Morgan fingerprint density at radius 3 is 2.36 bits per heavy atom. The van der Waals surface area contributed by atoms with Crippen molar-refractivity contribution >= 4 is 50.7 Å². The normalized spacial score (nSPS) is 13.2. The van der Waals surface area contributed by atoms with Gasteiger partial charge in [-0.15, -0.1) is 0 Å². The van der Waals surface area contributed by atoms with Crippen molar-refractivity contribution in [1.29, 1.82) is 0 Å². The Morgan fingerprint density at radius 1 is 0.821 bits per heavy atom. The number of rotatable bonds is 8. The van der Waals surface area contributed by atoms with Gasteiger partial charge in [0.05, 0.1) is 16.9 Å². The second-order valence-corrected chi connectivity index (χ2v) is 10.1. The highest BCUT2D eigenvalue weighted by molar-refractivity contribution is 5.95. The summed E-state index contributed by atoms with van der Waals surface area (Å²) >= 11 is 0. The van der Waals surface area contributed by atoms with Gasteiger partial charge in [-0.25, -0.2) is 4.98 Å². The first-order valence-electron chi connectivity index (χ1n) is 13.1. The first-order valence-corrected chi connectivity index (χ1v) is 13.1. The molecule has 5 aromatic rings. The lowest BCUT2D eigenvalue weighted by molar-refractivity contribution is 0.447. The van der Waals surface area contributed by atoms with Crippen LogP contribution in [0, 0.1) is 5.92 Å². The summed E-state index contributed by atoms with van der Waals surface area (Å²) in [6.45, 7) is 5.14. The van der Waals surface area contributed by atoms with Gasteiger partial charge in [0, 0.05) is 71.9 Å². The van der Waals surface area contributed by atoms with Crippen molar-refractivity contribution in [3.63, 3.8) is 0 Å². The molecule has 2 aromatic heterocycles. The molecule has 0 unspecified atom stereocenters. The summed E-state index contributed by atoms with van der Waals surface area (Å²) in [7, 11) is 0. The van der Waals surface area contributed by atoms with Crippen molar-refractivity contribution in [2.45, 2.75) is 13.5 Å². The summed E-state index contributed by atoms with van der Waals surface area (Å²) in [5.74, 6) is 0.717. The number of aromatic hydroxyl groups is 1. The maximum atomic E-state index is 9.55. The highest BCUT2D eigenvalue weighted by atomic mass is 16.3. The molecule has 39 heavy (non-hydrogen) atoms. The summed E-state index contributed by atoms with van der Waals surface area (Å²) in [5.41, 5.74) is 14.8. The van der Waals surface area contributed by atoms with Gasteiger partial charge in [-0.05, 0) is 72.1 Å². The van der Waals surface area contributed by atoms with E-state index >= 15 is 0 Å². The molecule has 0 radical (unpaired) electrons. The fourth-order valence-corrected chi connectivity index (χ4v) is 4.87. The second kappa shape index (κ2) is 10.4. The van der Waals surface area contributed by atoms with Gasteiger partial charge < -0.3 is 31.7 Å². The quantitative estimate of drug-likeness (QED) is 0.149. The summed E-state index contributed by atoms with van der Waals surface area (Å²) < 4.78 is 0. The molecule has 0 aliphatic carbocycles.